The Morgan fingerprint density at radius 2 is 2.13 bits per heavy atom. The first-order valence-electron chi connectivity index (χ1n) is 5.99. The quantitative estimate of drug-likeness (QED) is 0.526. The lowest BCUT2D eigenvalue weighted by atomic mass is 9.93. The maximum absolute atomic E-state index is 11.3. The molecular weight excluding hydrogens is 188 g/mol. The van der Waals surface area contributed by atoms with Crippen LogP contribution in [-0.4, -0.2) is 13.1 Å². The van der Waals surface area contributed by atoms with Gasteiger partial charge < -0.3 is 4.74 Å². The normalized spacial score (nSPS) is 23.2. The van der Waals surface area contributed by atoms with E-state index in [9.17, 15) is 4.79 Å². The molecular formula is C13H22O2. The van der Waals surface area contributed by atoms with Gasteiger partial charge in [0.05, 0.1) is 13.0 Å². The number of hydrogen-bond acceptors (Lipinski definition) is 2. The third-order valence-corrected chi connectivity index (χ3v) is 3.06. The van der Waals surface area contributed by atoms with E-state index < -0.39 is 0 Å². The largest absolute Gasteiger partial charge is 0.469 e. The maximum atomic E-state index is 11.3. The molecule has 0 saturated carbocycles. The van der Waals surface area contributed by atoms with E-state index in [0.29, 0.717) is 0 Å². The number of methoxy groups -OCH3 is 1. The molecule has 0 heterocycles. The topological polar surface area (TPSA) is 26.3 Å². The lowest BCUT2D eigenvalue weighted by Crippen LogP contribution is -2.13. The summed E-state index contributed by atoms with van der Waals surface area (Å²) in [5.74, 6) is -0.0707. The van der Waals surface area contributed by atoms with Crippen LogP contribution in [0.1, 0.15) is 51.9 Å². The first kappa shape index (κ1) is 12.3. The van der Waals surface area contributed by atoms with Gasteiger partial charge in [-0.05, 0) is 32.1 Å². The number of carbonyl (C=O) groups is 1. The average Bonchev–Trinajstić information content (AvgIpc) is 2.20. The fourth-order valence-corrected chi connectivity index (χ4v) is 2.12. The van der Waals surface area contributed by atoms with Gasteiger partial charge in [-0.1, -0.05) is 31.4 Å². The Hall–Kier alpha value is -0.790. The van der Waals surface area contributed by atoms with Gasteiger partial charge in [-0.15, -0.1) is 0 Å². The van der Waals surface area contributed by atoms with Crippen LogP contribution < -0.4 is 0 Å². The van der Waals surface area contributed by atoms with Gasteiger partial charge in [0.2, 0.25) is 0 Å². The van der Waals surface area contributed by atoms with E-state index >= 15 is 0 Å². The summed E-state index contributed by atoms with van der Waals surface area (Å²) < 4.78 is 4.74. The predicted octanol–water partition coefficient (Wildman–Crippen LogP) is 3.47. The monoisotopic (exact) mass is 210 g/mol. The summed E-state index contributed by atoms with van der Waals surface area (Å²) in [6, 6.07) is 0. The Labute approximate surface area is 92.7 Å². The summed E-state index contributed by atoms with van der Waals surface area (Å²) in [5, 5.41) is 0. The minimum atomic E-state index is -0.0852. The summed E-state index contributed by atoms with van der Waals surface area (Å²) in [7, 11) is 1.46. The molecule has 2 heteroatoms. The highest BCUT2D eigenvalue weighted by Crippen LogP contribution is 2.22. The minimum Gasteiger partial charge on any atom is -0.469 e. The smallest absolute Gasteiger partial charge is 0.308 e. The number of ether oxygens (including phenoxy) is 1. The number of rotatable bonds is 3. The van der Waals surface area contributed by atoms with Crippen LogP contribution in [0.5, 0.6) is 0 Å². The average molecular weight is 210 g/mol. The summed E-state index contributed by atoms with van der Waals surface area (Å²) in [6.45, 7) is 1.95. The Morgan fingerprint density at radius 1 is 1.40 bits per heavy atom. The number of carbonyl (C=O) groups excluding carboxylic acids is 1. The van der Waals surface area contributed by atoms with Crippen molar-refractivity contribution in [2.45, 2.75) is 51.9 Å². The minimum absolute atomic E-state index is 0.0145. The SMILES string of the molecule is COC(=O)[C@@H](C)C/C1=C/CCCCCC1. The van der Waals surface area contributed by atoms with Crippen LogP contribution in [0.3, 0.4) is 0 Å². The summed E-state index contributed by atoms with van der Waals surface area (Å²) in [5.41, 5.74) is 1.45. The van der Waals surface area contributed by atoms with Crippen LogP contribution in [0.2, 0.25) is 0 Å². The van der Waals surface area contributed by atoms with Crippen molar-refractivity contribution in [2.24, 2.45) is 5.92 Å². The lowest BCUT2D eigenvalue weighted by Gasteiger charge is -2.14. The molecule has 1 rings (SSSR count). The standard InChI is InChI=1S/C13H22O2/c1-11(13(14)15-2)10-12-8-6-4-3-5-7-9-12/h8,11H,3-7,9-10H2,1-2H3/b12-8+/t11-/m0/s1. The van der Waals surface area contributed by atoms with Gasteiger partial charge >= 0.3 is 5.97 Å². The fraction of sp³-hybridized carbons (Fsp3) is 0.769. The van der Waals surface area contributed by atoms with Gasteiger partial charge in [0.25, 0.3) is 0 Å². The molecule has 0 aromatic rings. The first-order valence-corrected chi connectivity index (χ1v) is 5.99. The van der Waals surface area contributed by atoms with Gasteiger partial charge in [0, 0.05) is 0 Å². The molecule has 1 aliphatic carbocycles. The summed E-state index contributed by atoms with van der Waals surface area (Å²) in [6.07, 6.45) is 10.8. The Bertz CT molecular complexity index is 231. The second kappa shape index (κ2) is 6.65. The molecule has 2 nitrogen and oxygen atoms in total. The van der Waals surface area contributed by atoms with Crippen molar-refractivity contribution in [3.05, 3.63) is 11.6 Å². The van der Waals surface area contributed by atoms with E-state index in [1.165, 1.54) is 51.2 Å². The lowest BCUT2D eigenvalue weighted by molar-refractivity contribution is -0.144. The highest BCUT2D eigenvalue weighted by atomic mass is 16.5. The second-order valence-electron chi connectivity index (χ2n) is 4.44. The Morgan fingerprint density at radius 3 is 2.87 bits per heavy atom. The van der Waals surface area contributed by atoms with E-state index in [4.69, 9.17) is 4.74 Å². The molecule has 0 aromatic heterocycles. The van der Waals surface area contributed by atoms with Crippen molar-refractivity contribution in [1.29, 1.82) is 0 Å². The predicted molar refractivity (Wildman–Crippen MR) is 61.6 cm³/mol. The molecule has 1 aliphatic rings. The van der Waals surface area contributed by atoms with Crippen molar-refractivity contribution >= 4 is 5.97 Å². The zero-order valence-corrected chi connectivity index (χ0v) is 9.92. The van der Waals surface area contributed by atoms with Crippen molar-refractivity contribution in [2.75, 3.05) is 7.11 Å². The van der Waals surface area contributed by atoms with Crippen LogP contribution in [0, 0.1) is 5.92 Å². The van der Waals surface area contributed by atoms with Crippen molar-refractivity contribution in [3.8, 4) is 0 Å². The zero-order chi connectivity index (χ0) is 11.1. The van der Waals surface area contributed by atoms with Crippen LogP contribution >= 0.6 is 0 Å². The molecule has 0 spiro atoms. The summed E-state index contributed by atoms with van der Waals surface area (Å²) >= 11 is 0. The van der Waals surface area contributed by atoms with Gasteiger partial charge in [-0.2, -0.15) is 0 Å². The number of allylic oxidation sites excluding steroid dienone is 2. The molecule has 0 aromatic carbocycles. The molecule has 86 valence electrons. The third kappa shape index (κ3) is 4.50. The molecule has 0 bridgehead atoms. The zero-order valence-electron chi connectivity index (χ0n) is 9.92. The highest BCUT2D eigenvalue weighted by Gasteiger charge is 2.15. The van der Waals surface area contributed by atoms with Crippen LogP contribution in [0.15, 0.2) is 11.6 Å². The molecule has 1 atom stereocenters. The van der Waals surface area contributed by atoms with E-state index in [0.717, 1.165) is 6.42 Å². The second-order valence-corrected chi connectivity index (χ2v) is 4.44. The molecule has 0 aliphatic heterocycles. The van der Waals surface area contributed by atoms with E-state index in [1.807, 2.05) is 6.92 Å². The molecule has 0 N–H and O–H groups in total. The van der Waals surface area contributed by atoms with Crippen molar-refractivity contribution in [1.82, 2.24) is 0 Å². The van der Waals surface area contributed by atoms with Crippen LogP contribution in [-0.2, 0) is 9.53 Å². The van der Waals surface area contributed by atoms with Crippen LogP contribution in [0.25, 0.3) is 0 Å². The van der Waals surface area contributed by atoms with E-state index in [2.05, 4.69) is 6.08 Å². The number of hydrogen-bond donors (Lipinski definition) is 0. The van der Waals surface area contributed by atoms with Crippen molar-refractivity contribution in [3.63, 3.8) is 0 Å². The van der Waals surface area contributed by atoms with Crippen LogP contribution in [0.4, 0.5) is 0 Å². The summed E-state index contributed by atoms with van der Waals surface area (Å²) in [4.78, 5) is 11.3. The highest BCUT2D eigenvalue weighted by molar-refractivity contribution is 5.72. The van der Waals surface area contributed by atoms with E-state index in [1.54, 1.807) is 0 Å². The number of esters is 1. The Kier molecular flexibility index (Phi) is 5.44. The first-order chi connectivity index (χ1) is 7.24. The maximum Gasteiger partial charge on any atom is 0.308 e. The molecule has 0 radical (unpaired) electrons. The van der Waals surface area contributed by atoms with Crippen molar-refractivity contribution < 1.29 is 9.53 Å². The van der Waals surface area contributed by atoms with Gasteiger partial charge in [0.15, 0.2) is 0 Å². The third-order valence-electron chi connectivity index (χ3n) is 3.06. The fourth-order valence-electron chi connectivity index (χ4n) is 2.12. The Balaban J connectivity index is 2.43. The molecule has 0 amide bonds. The van der Waals surface area contributed by atoms with Gasteiger partial charge in [-0.25, -0.2) is 0 Å². The molecule has 15 heavy (non-hydrogen) atoms. The molecule has 0 saturated heterocycles. The molecule has 0 unspecified atom stereocenters. The van der Waals surface area contributed by atoms with Gasteiger partial charge in [-0.3, -0.25) is 4.79 Å². The van der Waals surface area contributed by atoms with E-state index in [-0.39, 0.29) is 11.9 Å². The molecule has 0 fully saturated rings. The van der Waals surface area contributed by atoms with Gasteiger partial charge in [0.1, 0.15) is 0 Å².